The van der Waals surface area contributed by atoms with E-state index in [0.29, 0.717) is 0 Å². The molecular weight excluding hydrogens is 212 g/mol. The van der Waals surface area contributed by atoms with Crippen LogP contribution in [0.5, 0.6) is 0 Å². The van der Waals surface area contributed by atoms with Crippen molar-refractivity contribution in [3.63, 3.8) is 0 Å². The predicted molar refractivity (Wildman–Crippen MR) is 71.2 cm³/mol. The predicted octanol–water partition coefficient (Wildman–Crippen LogP) is 1.77. The zero-order valence-corrected chi connectivity index (χ0v) is 11.2. The Bertz CT molecular complexity index is 350. The van der Waals surface area contributed by atoms with Crippen molar-refractivity contribution >= 4 is 5.95 Å². The van der Waals surface area contributed by atoms with Crippen molar-refractivity contribution in [3.05, 3.63) is 11.9 Å². The third-order valence-electron chi connectivity index (χ3n) is 3.67. The molecule has 2 rings (SSSR count). The van der Waals surface area contributed by atoms with E-state index in [9.17, 15) is 0 Å². The molecule has 96 valence electrons. The van der Waals surface area contributed by atoms with E-state index in [0.717, 1.165) is 25.0 Å². The summed E-state index contributed by atoms with van der Waals surface area (Å²) >= 11 is 0. The fraction of sp³-hybridized carbons (Fsp3) is 0.769. The van der Waals surface area contributed by atoms with Gasteiger partial charge in [-0.05, 0) is 25.3 Å². The second-order valence-corrected chi connectivity index (χ2v) is 5.28. The molecule has 0 aromatic carbocycles. The molecule has 1 saturated carbocycles. The maximum Gasteiger partial charge on any atom is 0.204 e. The fourth-order valence-electron chi connectivity index (χ4n) is 2.63. The molecule has 0 atom stereocenters. The highest BCUT2D eigenvalue weighted by molar-refractivity contribution is 5.30. The molecule has 1 aliphatic rings. The van der Waals surface area contributed by atoms with E-state index in [4.69, 9.17) is 0 Å². The van der Waals surface area contributed by atoms with E-state index in [1.54, 1.807) is 0 Å². The van der Waals surface area contributed by atoms with Crippen LogP contribution in [0.2, 0.25) is 0 Å². The minimum Gasteiger partial charge on any atom is -0.348 e. The summed E-state index contributed by atoms with van der Waals surface area (Å²) in [7, 11) is 6.13. The maximum absolute atomic E-state index is 4.41. The van der Waals surface area contributed by atoms with Crippen molar-refractivity contribution in [2.24, 2.45) is 13.0 Å². The molecule has 0 bridgehead atoms. The van der Waals surface area contributed by atoms with Gasteiger partial charge in [0.15, 0.2) is 0 Å². The van der Waals surface area contributed by atoms with Crippen LogP contribution in [0.4, 0.5) is 5.95 Å². The number of hydrogen-bond acceptors (Lipinski definition) is 3. The Morgan fingerprint density at radius 3 is 2.71 bits per heavy atom. The fourth-order valence-corrected chi connectivity index (χ4v) is 2.63. The molecule has 1 aromatic rings. The second-order valence-electron chi connectivity index (χ2n) is 5.28. The van der Waals surface area contributed by atoms with Crippen molar-refractivity contribution in [1.82, 2.24) is 14.9 Å². The number of nitrogens with zero attached hydrogens (tertiary/aromatic N) is 3. The average molecular weight is 236 g/mol. The Morgan fingerprint density at radius 1 is 1.41 bits per heavy atom. The van der Waals surface area contributed by atoms with Gasteiger partial charge in [-0.3, -0.25) is 0 Å². The number of aromatic nitrogens is 2. The van der Waals surface area contributed by atoms with Crippen molar-refractivity contribution in [3.8, 4) is 0 Å². The molecule has 4 nitrogen and oxygen atoms in total. The Morgan fingerprint density at radius 2 is 2.12 bits per heavy atom. The molecule has 1 aromatic heterocycles. The summed E-state index contributed by atoms with van der Waals surface area (Å²) in [5.41, 5.74) is 1.26. The smallest absolute Gasteiger partial charge is 0.204 e. The lowest BCUT2D eigenvalue weighted by molar-refractivity contribution is 0.484. The zero-order chi connectivity index (χ0) is 12.3. The number of imidazole rings is 1. The monoisotopic (exact) mass is 236 g/mol. The summed E-state index contributed by atoms with van der Waals surface area (Å²) in [6, 6.07) is 0. The lowest BCUT2D eigenvalue weighted by Crippen LogP contribution is -2.22. The van der Waals surface area contributed by atoms with E-state index in [2.05, 4.69) is 21.9 Å². The van der Waals surface area contributed by atoms with Crippen LogP contribution in [0.3, 0.4) is 0 Å². The van der Waals surface area contributed by atoms with Crippen molar-refractivity contribution in [2.45, 2.75) is 32.2 Å². The Labute approximate surface area is 104 Å². The van der Waals surface area contributed by atoms with E-state index in [1.165, 1.54) is 31.4 Å². The first-order chi connectivity index (χ1) is 8.18. The van der Waals surface area contributed by atoms with Gasteiger partial charge in [0.2, 0.25) is 5.95 Å². The average Bonchev–Trinajstić information content (AvgIpc) is 2.89. The van der Waals surface area contributed by atoms with Gasteiger partial charge in [0.05, 0.1) is 11.9 Å². The minimum absolute atomic E-state index is 0.900. The van der Waals surface area contributed by atoms with E-state index in [1.807, 2.05) is 25.2 Å². The lowest BCUT2D eigenvalue weighted by Gasteiger charge is -2.14. The quantitative estimate of drug-likeness (QED) is 0.846. The van der Waals surface area contributed by atoms with Crippen LogP contribution >= 0.6 is 0 Å². The first-order valence-corrected chi connectivity index (χ1v) is 6.57. The number of nitrogens with one attached hydrogen (secondary N) is 1. The molecule has 4 heteroatoms. The molecule has 0 amide bonds. The zero-order valence-electron chi connectivity index (χ0n) is 11.2. The van der Waals surface area contributed by atoms with E-state index in [-0.39, 0.29) is 0 Å². The van der Waals surface area contributed by atoms with Gasteiger partial charge in [0, 0.05) is 27.7 Å². The number of hydrogen-bond donors (Lipinski definition) is 1. The van der Waals surface area contributed by atoms with E-state index >= 15 is 0 Å². The van der Waals surface area contributed by atoms with Crippen LogP contribution in [-0.4, -0.2) is 30.2 Å². The summed E-state index contributed by atoms with van der Waals surface area (Å²) in [4.78, 5) is 6.46. The Hall–Kier alpha value is -1.03. The van der Waals surface area contributed by atoms with Crippen LogP contribution in [0, 0.1) is 5.92 Å². The molecule has 1 fully saturated rings. The molecule has 1 aliphatic carbocycles. The minimum atomic E-state index is 0.900. The molecule has 1 heterocycles. The van der Waals surface area contributed by atoms with Gasteiger partial charge in [-0.25, -0.2) is 4.98 Å². The summed E-state index contributed by atoms with van der Waals surface area (Å²) in [6.07, 6.45) is 7.62. The SMILES string of the molecule is CN(C)c1ncc(CNCC2CCCC2)n1C. The lowest BCUT2D eigenvalue weighted by atomic mass is 10.1. The maximum atomic E-state index is 4.41. The first-order valence-electron chi connectivity index (χ1n) is 6.57. The largest absolute Gasteiger partial charge is 0.348 e. The van der Waals surface area contributed by atoms with Gasteiger partial charge in [-0.15, -0.1) is 0 Å². The van der Waals surface area contributed by atoms with Crippen LogP contribution in [0.1, 0.15) is 31.4 Å². The third-order valence-corrected chi connectivity index (χ3v) is 3.67. The van der Waals surface area contributed by atoms with Crippen molar-refractivity contribution in [2.75, 3.05) is 25.5 Å². The van der Waals surface area contributed by atoms with Gasteiger partial charge >= 0.3 is 0 Å². The van der Waals surface area contributed by atoms with Gasteiger partial charge in [-0.1, -0.05) is 12.8 Å². The highest BCUT2D eigenvalue weighted by Crippen LogP contribution is 2.23. The summed E-state index contributed by atoms with van der Waals surface area (Å²) < 4.78 is 2.15. The molecule has 0 saturated heterocycles. The molecule has 1 N–H and O–H groups in total. The highest BCUT2D eigenvalue weighted by Gasteiger charge is 2.14. The third kappa shape index (κ3) is 3.00. The summed E-state index contributed by atoms with van der Waals surface area (Å²) in [6.45, 7) is 2.08. The van der Waals surface area contributed by atoms with Gasteiger partial charge in [0.25, 0.3) is 0 Å². The van der Waals surface area contributed by atoms with Crippen LogP contribution in [-0.2, 0) is 13.6 Å². The highest BCUT2D eigenvalue weighted by atomic mass is 15.3. The van der Waals surface area contributed by atoms with Crippen molar-refractivity contribution in [1.29, 1.82) is 0 Å². The molecule has 0 spiro atoms. The van der Waals surface area contributed by atoms with Gasteiger partial charge in [0.1, 0.15) is 0 Å². The molecule has 0 radical (unpaired) electrons. The number of anilines is 1. The molecule has 17 heavy (non-hydrogen) atoms. The Kier molecular flexibility index (Phi) is 4.05. The molecule has 0 unspecified atom stereocenters. The van der Waals surface area contributed by atoms with Crippen LogP contribution in [0.25, 0.3) is 0 Å². The second kappa shape index (κ2) is 5.54. The first kappa shape index (κ1) is 12.4. The van der Waals surface area contributed by atoms with Crippen molar-refractivity contribution < 1.29 is 0 Å². The summed E-state index contributed by atoms with van der Waals surface area (Å²) in [5, 5.41) is 3.56. The topological polar surface area (TPSA) is 33.1 Å². The van der Waals surface area contributed by atoms with Crippen LogP contribution in [0.15, 0.2) is 6.20 Å². The Balaban J connectivity index is 1.82. The molecule has 0 aliphatic heterocycles. The van der Waals surface area contributed by atoms with E-state index < -0.39 is 0 Å². The molecular formula is C13H24N4. The van der Waals surface area contributed by atoms with Gasteiger partial charge < -0.3 is 14.8 Å². The standard InChI is InChI=1S/C13H24N4/c1-16(2)13-15-10-12(17(13)3)9-14-8-11-6-4-5-7-11/h10-11,14H,4-9H2,1-3H3. The normalized spacial score (nSPS) is 16.6. The summed E-state index contributed by atoms with van der Waals surface area (Å²) in [5.74, 6) is 1.92. The van der Waals surface area contributed by atoms with Gasteiger partial charge in [-0.2, -0.15) is 0 Å². The van der Waals surface area contributed by atoms with Crippen LogP contribution < -0.4 is 10.2 Å². The number of rotatable bonds is 5.